The number of rotatable bonds is 11. The largest absolute Gasteiger partial charge is 0.493 e. The van der Waals surface area contributed by atoms with Crippen molar-refractivity contribution in [2.45, 2.75) is 32.9 Å². The van der Waals surface area contributed by atoms with Gasteiger partial charge in [-0.15, -0.1) is 0 Å². The number of nitrogens with zero attached hydrogens (tertiary/aromatic N) is 2. The van der Waals surface area contributed by atoms with Gasteiger partial charge in [0.05, 0.1) is 12.6 Å². The second-order valence-electron chi connectivity index (χ2n) is 8.37. The summed E-state index contributed by atoms with van der Waals surface area (Å²) in [5.41, 5.74) is 1.96. The first-order valence-corrected chi connectivity index (χ1v) is 11.5. The molecular weight excluding hydrogens is 473 g/mol. The van der Waals surface area contributed by atoms with Crippen LogP contribution in [0.5, 0.6) is 11.5 Å². The molecule has 0 aliphatic rings. The minimum Gasteiger partial charge on any atom is -0.493 e. The van der Waals surface area contributed by atoms with E-state index < -0.39 is 12.8 Å². The SMILES string of the molecule is CCCC(C)CNC(=O)C=Cc1ccc(Nc2ncnc3cc(OCC(F)(F)F)c(OC)cc23)cc1. The first-order chi connectivity index (χ1) is 17.2. The third-order valence-electron chi connectivity index (χ3n) is 5.32. The molecule has 2 N–H and O–H groups in total. The average molecular weight is 503 g/mol. The van der Waals surface area contributed by atoms with Gasteiger partial charge in [0.25, 0.3) is 0 Å². The Morgan fingerprint density at radius 1 is 1.14 bits per heavy atom. The molecule has 0 saturated carbocycles. The number of ether oxygens (including phenoxy) is 2. The maximum Gasteiger partial charge on any atom is 0.422 e. The zero-order chi connectivity index (χ0) is 26.1. The molecule has 0 fully saturated rings. The standard InChI is InChI=1S/C26H29F3N4O3/c1-4-5-17(2)14-30-24(34)11-8-18-6-9-19(10-7-18)33-25-20-12-22(35-3)23(36-15-26(27,28)29)13-21(20)31-16-32-25/h6-13,16-17H,4-5,14-15H2,1-3H3,(H,30,34)(H,31,32,33). The maximum absolute atomic E-state index is 12.6. The molecule has 0 spiro atoms. The molecule has 2 aromatic carbocycles. The zero-order valence-electron chi connectivity index (χ0n) is 20.4. The molecule has 0 bridgehead atoms. The lowest BCUT2D eigenvalue weighted by atomic mass is 10.1. The van der Waals surface area contributed by atoms with Gasteiger partial charge in [0.1, 0.15) is 12.1 Å². The highest BCUT2D eigenvalue weighted by molar-refractivity contribution is 5.93. The lowest BCUT2D eigenvalue weighted by Gasteiger charge is -2.14. The van der Waals surface area contributed by atoms with Crippen molar-refractivity contribution in [3.63, 3.8) is 0 Å². The number of fused-ring (bicyclic) bond motifs is 1. The lowest BCUT2D eigenvalue weighted by molar-refractivity contribution is -0.153. The fourth-order valence-corrected chi connectivity index (χ4v) is 3.51. The summed E-state index contributed by atoms with van der Waals surface area (Å²) in [6.07, 6.45) is 2.22. The van der Waals surface area contributed by atoms with E-state index in [4.69, 9.17) is 9.47 Å². The average Bonchev–Trinajstić information content (AvgIpc) is 2.85. The highest BCUT2D eigenvalue weighted by Crippen LogP contribution is 2.35. The van der Waals surface area contributed by atoms with Crippen LogP contribution in [-0.2, 0) is 4.79 Å². The van der Waals surface area contributed by atoms with Crippen molar-refractivity contribution in [1.82, 2.24) is 15.3 Å². The predicted molar refractivity (Wildman–Crippen MR) is 133 cm³/mol. The van der Waals surface area contributed by atoms with E-state index in [-0.39, 0.29) is 17.4 Å². The molecule has 0 aliphatic carbocycles. The number of benzene rings is 2. The molecule has 1 unspecified atom stereocenters. The van der Waals surface area contributed by atoms with E-state index in [1.165, 1.54) is 31.6 Å². The summed E-state index contributed by atoms with van der Waals surface area (Å²) in [5.74, 6) is 0.818. The van der Waals surface area contributed by atoms with E-state index in [2.05, 4.69) is 34.4 Å². The Morgan fingerprint density at radius 3 is 2.56 bits per heavy atom. The number of carbonyl (C=O) groups excluding carboxylic acids is 1. The van der Waals surface area contributed by atoms with Gasteiger partial charge in [0.15, 0.2) is 18.1 Å². The fraction of sp³-hybridized carbons (Fsp3) is 0.346. The molecule has 3 rings (SSSR count). The number of hydrogen-bond donors (Lipinski definition) is 2. The van der Waals surface area contributed by atoms with E-state index in [1.807, 2.05) is 24.3 Å². The maximum atomic E-state index is 12.6. The minimum absolute atomic E-state index is 0.0630. The van der Waals surface area contributed by atoms with Crippen molar-refractivity contribution in [3.05, 3.63) is 54.4 Å². The van der Waals surface area contributed by atoms with Crippen LogP contribution in [-0.4, -0.2) is 42.3 Å². The molecule has 0 aliphatic heterocycles. The second kappa shape index (κ2) is 12.2. The van der Waals surface area contributed by atoms with Crippen LogP contribution in [0.15, 0.2) is 48.8 Å². The first kappa shape index (κ1) is 26.8. The number of anilines is 2. The normalized spacial score (nSPS) is 12.5. The van der Waals surface area contributed by atoms with Crippen LogP contribution < -0.4 is 20.1 Å². The Labute approximate surface area is 207 Å². The Balaban J connectivity index is 1.70. The first-order valence-electron chi connectivity index (χ1n) is 11.5. The fourth-order valence-electron chi connectivity index (χ4n) is 3.51. The Kier molecular flexibility index (Phi) is 9.10. The van der Waals surface area contributed by atoms with Crippen LogP contribution in [0.1, 0.15) is 32.3 Å². The summed E-state index contributed by atoms with van der Waals surface area (Å²) >= 11 is 0. The van der Waals surface area contributed by atoms with Gasteiger partial charge in [-0.3, -0.25) is 4.79 Å². The Morgan fingerprint density at radius 2 is 1.89 bits per heavy atom. The topological polar surface area (TPSA) is 85.4 Å². The van der Waals surface area contributed by atoms with Gasteiger partial charge in [-0.1, -0.05) is 32.4 Å². The smallest absolute Gasteiger partial charge is 0.422 e. The summed E-state index contributed by atoms with van der Waals surface area (Å²) in [6.45, 7) is 3.43. The van der Waals surface area contributed by atoms with E-state index in [1.54, 1.807) is 6.08 Å². The number of amides is 1. The van der Waals surface area contributed by atoms with Crippen molar-refractivity contribution >= 4 is 34.4 Å². The Hall–Kier alpha value is -3.82. The van der Waals surface area contributed by atoms with Crippen molar-refractivity contribution in [2.75, 3.05) is 25.6 Å². The van der Waals surface area contributed by atoms with Crippen LogP contribution in [0.2, 0.25) is 0 Å². The van der Waals surface area contributed by atoms with Crippen LogP contribution in [0, 0.1) is 5.92 Å². The zero-order valence-corrected chi connectivity index (χ0v) is 20.4. The van der Waals surface area contributed by atoms with Crippen LogP contribution >= 0.6 is 0 Å². The predicted octanol–water partition coefficient (Wildman–Crippen LogP) is 5.89. The van der Waals surface area contributed by atoms with Crippen LogP contribution in [0.3, 0.4) is 0 Å². The summed E-state index contributed by atoms with van der Waals surface area (Å²) in [5, 5.41) is 6.63. The molecule has 1 atom stereocenters. The minimum atomic E-state index is -4.48. The second-order valence-corrected chi connectivity index (χ2v) is 8.37. The van der Waals surface area contributed by atoms with E-state index in [9.17, 15) is 18.0 Å². The van der Waals surface area contributed by atoms with E-state index in [0.29, 0.717) is 29.2 Å². The molecule has 192 valence electrons. The van der Waals surface area contributed by atoms with Crippen molar-refractivity contribution in [1.29, 1.82) is 0 Å². The van der Waals surface area contributed by atoms with Gasteiger partial charge in [0, 0.05) is 29.8 Å². The molecule has 7 nitrogen and oxygen atoms in total. The summed E-state index contributed by atoms with van der Waals surface area (Å²) in [7, 11) is 1.34. The van der Waals surface area contributed by atoms with Crippen LogP contribution in [0.4, 0.5) is 24.7 Å². The van der Waals surface area contributed by atoms with Crippen molar-refractivity contribution in [2.24, 2.45) is 5.92 Å². The molecule has 1 heterocycles. The number of hydrogen-bond acceptors (Lipinski definition) is 6. The summed E-state index contributed by atoms with van der Waals surface area (Å²) in [4.78, 5) is 20.4. The van der Waals surface area contributed by atoms with Gasteiger partial charge in [-0.2, -0.15) is 13.2 Å². The number of nitrogens with one attached hydrogen (secondary N) is 2. The van der Waals surface area contributed by atoms with Crippen LogP contribution in [0.25, 0.3) is 17.0 Å². The molecule has 3 aromatic rings. The quantitative estimate of drug-likeness (QED) is 0.318. The molecule has 0 saturated heterocycles. The number of alkyl halides is 3. The summed E-state index contributed by atoms with van der Waals surface area (Å²) in [6, 6.07) is 10.3. The molecule has 1 amide bonds. The molecule has 0 radical (unpaired) electrons. The Bertz CT molecular complexity index is 1200. The van der Waals surface area contributed by atoms with Crippen molar-refractivity contribution < 1.29 is 27.4 Å². The highest BCUT2D eigenvalue weighted by atomic mass is 19.4. The highest BCUT2D eigenvalue weighted by Gasteiger charge is 2.29. The lowest BCUT2D eigenvalue weighted by Crippen LogP contribution is -2.26. The van der Waals surface area contributed by atoms with Gasteiger partial charge in [-0.25, -0.2) is 9.97 Å². The molecule has 10 heteroatoms. The number of halogens is 3. The third-order valence-corrected chi connectivity index (χ3v) is 5.32. The number of aromatic nitrogens is 2. The number of methoxy groups -OCH3 is 1. The molecule has 36 heavy (non-hydrogen) atoms. The molecular formula is C26H29F3N4O3. The summed E-state index contributed by atoms with van der Waals surface area (Å²) < 4.78 is 47.8. The van der Waals surface area contributed by atoms with E-state index >= 15 is 0 Å². The van der Waals surface area contributed by atoms with Gasteiger partial charge in [-0.05, 0) is 42.2 Å². The molecule has 1 aromatic heterocycles. The van der Waals surface area contributed by atoms with E-state index in [0.717, 1.165) is 24.1 Å². The van der Waals surface area contributed by atoms with Gasteiger partial charge in [0.2, 0.25) is 5.91 Å². The van der Waals surface area contributed by atoms with Gasteiger partial charge >= 0.3 is 6.18 Å². The number of carbonyl (C=O) groups is 1. The van der Waals surface area contributed by atoms with Gasteiger partial charge < -0.3 is 20.1 Å². The monoisotopic (exact) mass is 502 g/mol. The third kappa shape index (κ3) is 7.86. The van der Waals surface area contributed by atoms with Crippen molar-refractivity contribution in [3.8, 4) is 11.5 Å².